The summed E-state index contributed by atoms with van der Waals surface area (Å²) in [6, 6.07) is 6.74. The average Bonchev–Trinajstić information content (AvgIpc) is 2.36. The Hall–Kier alpha value is -1.36. The van der Waals surface area contributed by atoms with E-state index in [2.05, 4.69) is 10.3 Å². The summed E-state index contributed by atoms with van der Waals surface area (Å²) in [4.78, 5) is 4.07. The second kappa shape index (κ2) is 5.74. The molecule has 0 saturated heterocycles. The van der Waals surface area contributed by atoms with E-state index >= 15 is 0 Å². The minimum atomic E-state index is 0.202. The number of nitrogens with zero attached hydrogens (tertiary/aromatic N) is 1. The van der Waals surface area contributed by atoms with Crippen molar-refractivity contribution in [3.63, 3.8) is 0 Å². The van der Waals surface area contributed by atoms with Crippen molar-refractivity contribution in [2.24, 2.45) is 0 Å². The minimum absolute atomic E-state index is 0.202. The predicted molar refractivity (Wildman–Crippen MR) is 80.0 cm³/mol. The maximum absolute atomic E-state index is 6.03. The molecular weight excluding hydrogens is 309 g/mol. The van der Waals surface area contributed by atoms with E-state index in [1.165, 1.54) is 6.07 Å². The molecule has 0 aliphatic carbocycles. The van der Waals surface area contributed by atoms with Gasteiger partial charge in [-0.3, -0.25) is 0 Å². The quantitative estimate of drug-likeness (QED) is 0.882. The van der Waals surface area contributed by atoms with Crippen molar-refractivity contribution >= 4 is 52.1 Å². The molecule has 4 nitrogen and oxygen atoms in total. The van der Waals surface area contributed by atoms with E-state index in [0.717, 1.165) is 0 Å². The lowest BCUT2D eigenvalue weighted by atomic mass is 10.3. The number of pyridine rings is 1. The van der Waals surface area contributed by atoms with Gasteiger partial charge in [0.1, 0.15) is 11.6 Å². The van der Waals surface area contributed by atoms with Gasteiger partial charge < -0.3 is 15.8 Å². The second-order valence-electron chi connectivity index (χ2n) is 3.66. The molecule has 0 radical (unpaired) electrons. The summed E-state index contributed by atoms with van der Waals surface area (Å²) in [7, 11) is 1.55. The zero-order chi connectivity index (χ0) is 14.0. The molecule has 0 amide bonds. The zero-order valence-electron chi connectivity index (χ0n) is 9.88. The lowest BCUT2D eigenvalue weighted by molar-refractivity contribution is 0.415. The SMILES string of the molecule is COc1ccc(Nc2nc(N)c(Cl)cc2Cl)cc1Cl. The third-order valence-electron chi connectivity index (χ3n) is 2.37. The highest BCUT2D eigenvalue weighted by Crippen LogP contribution is 2.32. The number of benzene rings is 1. The molecule has 0 unspecified atom stereocenters. The molecule has 0 aliphatic heterocycles. The number of nitrogens with one attached hydrogen (secondary N) is 1. The number of hydrogen-bond acceptors (Lipinski definition) is 4. The van der Waals surface area contributed by atoms with Gasteiger partial charge in [-0.05, 0) is 24.3 Å². The van der Waals surface area contributed by atoms with E-state index in [9.17, 15) is 0 Å². The van der Waals surface area contributed by atoms with Gasteiger partial charge in [-0.1, -0.05) is 34.8 Å². The normalized spacial score (nSPS) is 10.3. The van der Waals surface area contributed by atoms with Crippen LogP contribution in [0.2, 0.25) is 15.1 Å². The third-order valence-corrected chi connectivity index (χ3v) is 3.26. The summed E-state index contributed by atoms with van der Waals surface area (Å²) in [5.41, 5.74) is 6.34. The number of nitrogens with two attached hydrogens (primary N) is 1. The Morgan fingerprint density at radius 1 is 1.11 bits per heavy atom. The molecule has 0 fully saturated rings. The molecule has 0 aliphatic rings. The molecule has 7 heteroatoms. The smallest absolute Gasteiger partial charge is 0.151 e. The average molecular weight is 319 g/mol. The maximum atomic E-state index is 6.03. The highest BCUT2D eigenvalue weighted by molar-refractivity contribution is 6.37. The molecule has 1 aromatic carbocycles. The fraction of sp³-hybridized carbons (Fsp3) is 0.0833. The Labute approximate surface area is 125 Å². The number of anilines is 3. The first kappa shape index (κ1) is 14.1. The Balaban J connectivity index is 2.31. The van der Waals surface area contributed by atoms with Crippen LogP contribution in [0.5, 0.6) is 5.75 Å². The minimum Gasteiger partial charge on any atom is -0.495 e. The predicted octanol–water partition coefficient (Wildman–Crippen LogP) is 4.38. The summed E-state index contributed by atoms with van der Waals surface area (Å²) in [5.74, 6) is 1.19. The van der Waals surface area contributed by atoms with Crippen LogP contribution < -0.4 is 15.8 Å². The van der Waals surface area contributed by atoms with E-state index in [1.54, 1.807) is 25.3 Å². The fourth-order valence-corrected chi connectivity index (χ4v) is 2.11. The van der Waals surface area contributed by atoms with Crippen LogP contribution in [0.25, 0.3) is 0 Å². The van der Waals surface area contributed by atoms with Gasteiger partial charge in [0.25, 0.3) is 0 Å². The Kier molecular flexibility index (Phi) is 4.24. The van der Waals surface area contributed by atoms with E-state index in [1.807, 2.05) is 0 Å². The molecule has 0 saturated carbocycles. The number of hydrogen-bond donors (Lipinski definition) is 2. The monoisotopic (exact) mass is 317 g/mol. The summed E-state index contributed by atoms with van der Waals surface area (Å²) < 4.78 is 5.07. The highest BCUT2D eigenvalue weighted by Gasteiger charge is 2.08. The topological polar surface area (TPSA) is 60.2 Å². The molecule has 1 aromatic heterocycles. The van der Waals surface area contributed by atoms with Gasteiger partial charge in [-0.15, -0.1) is 0 Å². The Morgan fingerprint density at radius 2 is 1.84 bits per heavy atom. The van der Waals surface area contributed by atoms with Crippen LogP contribution in [-0.2, 0) is 0 Å². The third kappa shape index (κ3) is 3.15. The van der Waals surface area contributed by atoms with Crippen molar-refractivity contribution in [2.45, 2.75) is 0 Å². The van der Waals surface area contributed by atoms with Crippen molar-refractivity contribution in [1.29, 1.82) is 0 Å². The van der Waals surface area contributed by atoms with Gasteiger partial charge in [0.05, 0.1) is 22.2 Å². The van der Waals surface area contributed by atoms with Gasteiger partial charge in [0.2, 0.25) is 0 Å². The lowest BCUT2D eigenvalue weighted by Crippen LogP contribution is -1.99. The second-order valence-corrected chi connectivity index (χ2v) is 4.88. The van der Waals surface area contributed by atoms with Crippen LogP contribution in [0.4, 0.5) is 17.3 Å². The first-order chi connectivity index (χ1) is 9.01. The summed E-state index contributed by atoms with van der Waals surface area (Å²) in [6.45, 7) is 0. The summed E-state index contributed by atoms with van der Waals surface area (Å²) in [5, 5.41) is 4.16. The molecule has 2 aromatic rings. The first-order valence-corrected chi connectivity index (χ1v) is 6.36. The van der Waals surface area contributed by atoms with Crippen LogP contribution in [-0.4, -0.2) is 12.1 Å². The number of methoxy groups -OCH3 is 1. The van der Waals surface area contributed by atoms with Crippen molar-refractivity contribution in [3.05, 3.63) is 39.3 Å². The highest BCUT2D eigenvalue weighted by atomic mass is 35.5. The van der Waals surface area contributed by atoms with Crippen molar-refractivity contribution in [1.82, 2.24) is 4.98 Å². The molecule has 100 valence electrons. The molecular formula is C12H10Cl3N3O. The largest absolute Gasteiger partial charge is 0.495 e. The number of ether oxygens (including phenoxy) is 1. The molecule has 0 spiro atoms. The zero-order valence-corrected chi connectivity index (χ0v) is 12.1. The Bertz CT molecular complexity index is 619. The van der Waals surface area contributed by atoms with E-state index in [0.29, 0.717) is 32.3 Å². The van der Waals surface area contributed by atoms with Crippen LogP contribution in [0.1, 0.15) is 0 Å². The molecule has 0 atom stereocenters. The molecule has 0 bridgehead atoms. The van der Waals surface area contributed by atoms with Crippen LogP contribution >= 0.6 is 34.8 Å². The van der Waals surface area contributed by atoms with E-state index < -0.39 is 0 Å². The van der Waals surface area contributed by atoms with Gasteiger partial charge in [0, 0.05) is 5.69 Å². The maximum Gasteiger partial charge on any atom is 0.151 e. The molecule has 19 heavy (non-hydrogen) atoms. The van der Waals surface area contributed by atoms with Gasteiger partial charge in [-0.25, -0.2) is 4.98 Å². The van der Waals surface area contributed by atoms with Crippen molar-refractivity contribution in [3.8, 4) is 5.75 Å². The number of rotatable bonds is 3. The standard InChI is InChI=1S/C12H10Cl3N3O/c1-19-10-3-2-6(4-7(10)13)17-12-9(15)5-8(14)11(16)18-12/h2-5H,1H3,(H3,16,17,18). The molecule has 2 rings (SSSR count). The summed E-state index contributed by atoms with van der Waals surface area (Å²) in [6.07, 6.45) is 0. The van der Waals surface area contributed by atoms with E-state index in [-0.39, 0.29) is 5.82 Å². The molecule has 3 N–H and O–H groups in total. The van der Waals surface area contributed by atoms with Gasteiger partial charge >= 0.3 is 0 Å². The van der Waals surface area contributed by atoms with Crippen molar-refractivity contribution < 1.29 is 4.74 Å². The fourth-order valence-electron chi connectivity index (χ4n) is 1.45. The number of halogens is 3. The van der Waals surface area contributed by atoms with Gasteiger partial charge in [0.15, 0.2) is 5.82 Å². The van der Waals surface area contributed by atoms with Gasteiger partial charge in [-0.2, -0.15) is 0 Å². The molecule has 1 heterocycles. The van der Waals surface area contributed by atoms with Crippen LogP contribution in [0.3, 0.4) is 0 Å². The summed E-state index contributed by atoms with van der Waals surface area (Å²) >= 11 is 17.9. The van der Waals surface area contributed by atoms with Crippen LogP contribution in [0, 0.1) is 0 Å². The van der Waals surface area contributed by atoms with Crippen LogP contribution in [0.15, 0.2) is 24.3 Å². The number of aromatic nitrogens is 1. The lowest BCUT2D eigenvalue weighted by Gasteiger charge is -2.10. The number of nitrogen functional groups attached to an aromatic ring is 1. The first-order valence-electron chi connectivity index (χ1n) is 5.23. The van der Waals surface area contributed by atoms with E-state index in [4.69, 9.17) is 45.3 Å². The Morgan fingerprint density at radius 3 is 2.47 bits per heavy atom. The van der Waals surface area contributed by atoms with Crippen molar-refractivity contribution in [2.75, 3.05) is 18.2 Å².